The number of nitrogen functional groups attached to an aromatic ring is 1. The van der Waals surface area contributed by atoms with Crippen molar-refractivity contribution in [2.75, 3.05) is 5.73 Å². The van der Waals surface area contributed by atoms with Crippen molar-refractivity contribution in [1.29, 1.82) is 0 Å². The molecule has 0 spiro atoms. The lowest BCUT2D eigenvalue weighted by molar-refractivity contribution is 0.629. The second-order valence-electron chi connectivity index (χ2n) is 4.60. The minimum atomic E-state index is 0.507. The Morgan fingerprint density at radius 2 is 1.71 bits per heavy atom. The summed E-state index contributed by atoms with van der Waals surface area (Å²) in [4.78, 5) is 0. The van der Waals surface area contributed by atoms with E-state index < -0.39 is 0 Å². The number of benzene rings is 1. The van der Waals surface area contributed by atoms with Crippen LogP contribution in [0.25, 0.3) is 0 Å². The van der Waals surface area contributed by atoms with Crippen LogP contribution in [0.1, 0.15) is 27.9 Å². The summed E-state index contributed by atoms with van der Waals surface area (Å²) >= 11 is 0. The van der Waals surface area contributed by atoms with Gasteiger partial charge in [0.15, 0.2) is 5.82 Å². The smallest absolute Gasteiger partial charge is 0.168 e. The van der Waals surface area contributed by atoms with Crippen LogP contribution in [0.5, 0.6) is 0 Å². The van der Waals surface area contributed by atoms with Gasteiger partial charge in [0.2, 0.25) is 0 Å². The molecule has 2 aromatic rings. The quantitative estimate of drug-likeness (QED) is 0.860. The van der Waals surface area contributed by atoms with Crippen LogP contribution in [-0.4, -0.2) is 15.0 Å². The zero-order chi connectivity index (χ0) is 12.6. The lowest BCUT2D eigenvalue weighted by atomic mass is 10.00. The summed E-state index contributed by atoms with van der Waals surface area (Å²) in [6, 6.07) is 4.38. The van der Waals surface area contributed by atoms with E-state index in [9.17, 15) is 0 Å². The number of aromatic nitrogens is 3. The molecule has 1 aromatic heterocycles. The minimum Gasteiger partial charge on any atom is -0.381 e. The van der Waals surface area contributed by atoms with E-state index in [1.54, 1.807) is 0 Å². The van der Waals surface area contributed by atoms with E-state index >= 15 is 0 Å². The number of rotatable bonds is 2. The fourth-order valence-corrected chi connectivity index (χ4v) is 2.13. The van der Waals surface area contributed by atoms with E-state index in [4.69, 9.17) is 5.73 Å². The third-order valence-corrected chi connectivity index (χ3v) is 3.17. The fourth-order valence-electron chi connectivity index (χ4n) is 2.13. The molecule has 0 atom stereocenters. The Morgan fingerprint density at radius 3 is 2.18 bits per heavy atom. The second-order valence-corrected chi connectivity index (χ2v) is 4.60. The number of hydrogen-bond donors (Lipinski definition) is 1. The van der Waals surface area contributed by atoms with Crippen LogP contribution in [0, 0.1) is 27.7 Å². The molecule has 17 heavy (non-hydrogen) atoms. The monoisotopic (exact) mass is 230 g/mol. The summed E-state index contributed by atoms with van der Waals surface area (Å²) in [6.07, 6.45) is 0. The molecule has 4 nitrogen and oxygen atoms in total. The largest absolute Gasteiger partial charge is 0.381 e. The van der Waals surface area contributed by atoms with Crippen molar-refractivity contribution < 1.29 is 0 Å². The van der Waals surface area contributed by atoms with Crippen molar-refractivity contribution in [3.63, 3.8) is 0 Å². The van der Waals surface area contributed by atoms with E-state index in [-0.39, 0.29) is 0 Å². The highest BCUT2D eigenvalue weighted by Crippen LogP contribution is 2.18. The molecule has 0 fully saturated rings. The van der Waals surface area contributed by atoms with Crippen LogP contribution in [0.3, 0.4) is 0 Å². The van der Waals surface area contributed by atoms with Gasteiger partial charge in [-0.3, -0.25) is 0 Å². The average molecular weight is 230 g/mol. The molecular weight excluding hydrogens is 212 g/mol. The Morgan fingerprint density at radius 1 is 1.12 bits per heavy atom. The molecule has 0 saturated carbocycles. The third-order valence-electron chi connectivity index (χ3n) is 3.17. The van der Waals surface area contributed by atoms with Gasteiger partial charge in [-0.05, 0) is 44.4 Å². The number of nitrogens with zero attached hydrogens (tertiary/aromatic N) is 3. The Bertz CT molecular complexity index is 532. The van der Waals surface area contributed by atoms with Crippen molar-refractivity contribution >= 4 is 5.82 Å². The lowest BCUT2D eigenvalue weighted by Gasteiger charge is -2.12. The van der Waals surface area contributed by atoms with E-state index in [0.717, 1.165) is 12.2 Å². The van der Waals surface area contributed by atoms with Crippen LogP contribution < -0.4 is 5.73 Å². The molecule has 0 unspecified atom stereocenters. The maximum Gasteiger partial charge on any atom is 0.168 e. The first-order valence-electron chi connectivity index (χ1n) is 5.71. The number of nitrogens with two attached hydrogens (primary N) is 1. The van der Waals surface area contributed by atoms with Gasteiger partial charge in [0, 0.05) is 0 Å². The summed E-state index contributed by atoms with van der Waals surface area (Å²) in [5.41, 5.74) is 11.8. The van der Waals surface area contributed by atoms with Crippen molar-refractivity contribution in [1.82, 2.24) is 15.0 Å². The maximum absolute atomic E-state index is 5.70. The predicted octanol–water partition coefficient (Wildman–Crippen LogP) is 2.14. The lowest BCUT2D eigenvalue weighted by Crippen LogP contribution is -2.07. The van der Waals surface area contributed by atoms with Gasteiger partial charge in [-0.1, -0.05) is 22.9 Å². The van der Waals surface area contributed by atoms with Gasteiger partial charge in [0.05, 0.1) is 12.2 Å². The molecule has 0 aliphatic carbocycles. The number of anilines is 1. The molecule has 90 valence electrons. The van der Waals surface area contributed by atoms with Gasteiger partial charge in [-0.15, -0.1) is 5.10 Å². The van der Waals surface area contributed by atoms with Gasteiger partial charge < -0.3 is 5.73 Å². The van der Waals surface area contributed by atoms with E-state index in [2.05, 4.69) is 43.2 Å². The van der Waals surface area contributed by atoms with E-state index in [0.29, 0.717) is 5.82 Å². The summed E-state index contributed by atoms with van der Waals surface area (Å²) in [6.45, 7) is 9.04. The summed E-state index contributed by atoms with van der Waals surface area (Å²) in [5.74, 6) is 0.507. The van der Waals surface area contributed by atoms with E-state index in [1.165, 1.54) is 22.3 Å². The molecule has 0 saturated heterocycles. The van der Waals surface area contributed by atoms with Gasteiger partial charge >= 0.3 is 0 Å². The zero-order valence-corrected chi connectivity index (χ0v) is 10.8. The predicted molar refractivity (Wildman–Crippen MR) is 68.9 cm³/mol. The van der Waals surface area contributed by atoms with Crippen LogP contribution in [0.4, 0.5) is 5.82 Å². The van der Waals surface area contributed by atoms with Crippen molar-refractivity contribution in [2.45, 2.75) is 34.2 Å². The minimum absolute atomic E-state index is 0.507. The zero-order valence-electron chi connectivity index (χ0n) is 10.8. The van der Waals surface area contributed by atoms with Crippen molar-refractivity contribution in [3.8, 4) is 0 Å². The summed E-state index contributed by atoms with van der Waals surface area (Å²) < 4.78 is 1.85. The molecule has 2 rings (SSSR count). The molecule has 0 aliphatic rings. The Labute approximate surface area is 101 Å². The van der Waals surface area contributed by atoms with E-state index in [1.807, 2.05) is 11.6 Å². The normalized spacial score (nSPS) is 10.8. The standard InChI is InChI=1S/C13H18N4/c1-8-5-9(2)12(10(3)6-8)7-17-11(4)13(14)15-16-17/h5-6H,7,14H2,1-4H3. The first-order chi connectivity index (χ1) is 7.99. The highest BCUT2D eigenvalue weighted by Gasteiger charge is 2.09. The van der Waals surface area contributed by atoms with Crippen LogP contribution in [-0.2, 0) is 6.54 Å². The Balaban J connectivity index is 2.40. The Hall–Kier alpha value is -1.84. The van der Waals surface area contributed by atoms with Gasteiger partial charge in [0.25, 0.3) is 0 Å². The molecule has 0 radical (unpaired) electrons. The molecule has 1 aromatic carbocycles. The van der Waals surface area contributed by atoms with Crippen molar-refractivity contribution in [2.24, 2.45) is 0 Å². The molecule has 0 amide bonds. The Kier molecular flexibility index (Phi) is 2.88. The highest BCUT2D eigenvalue weighted by atomic mass is 15.4. The first-order valence-corrected chi connectivity index (χ1v) is 5.71. The van der Waals surface area contributed by atoms with Gasteiger partial charge in [0.1, 0.15) is 0 Å². The fraction of sp³-hybridized carbons (Fsp3) is 0.385. The molecule has 2 N–H and O–H groups in total. The first kappa shape index (κ1) is 11.6. The third kappa shape index (κ3) is 2.16. The highest BCUT2D eigenvalue weighted by molar-refractivity contribution is 5.38. The van der Waals surface area contributed by atoms with Crippen LogP contribution >= 0.6 is 0 Å². The van der Waals surface area contributed by atoms with Crippen LogP contribution in [0.2, 0.25) is 0 Å². The van der Waals surface area contributed by atoms with Crippen molar-refractivity contribution in [3.05, 3.63) is 40.1 Å². The molecule has 0 aliphatic heterocycles. The number of hydrogen-bond acceptors (Lipinski definition) is 3. The van der Waals surface area contributed by atoms with Crippen LogP contribution in [0.15, 0.2) is 12.1 Å². The topological polar surface area (TPSA) is 56.7 Å². The van der Waals surface area contributed by atoms with Gasteiger partial charge in [-0.25, -0.2) is 4.68 Å². The molecular formula is C13H18N4. The maximum atomic E-state index is 5.70. The SMILES string of the molecule is Cc1cc(C)c(Cn2nnc(N)c2C)c(C)c1. The number of aryl methyl sites for hydroxylation is 3. The summed E-state index contributed by atoms with van der Waals surface area (Å²) in [5, 5.41) is 7.94. The molecule has 4 heteroatoms. The summed E-state index contributed by atoms with van der Waals surface area (Å²) in [7, 11) is 0. The van der Waals surface area contributed by atoms with Gasteiger partial charge in [-0.2, -0.15) is 0 Å². The molecule has 0 bridgehead atoms. The second kappa shape index (κ2) is 4.20. The average Bonchev–Trinajstić information content (AvgIpc) is 2.54. The molecule has 1 heterocycles.